The molecular weight excluding hydrogens is 363 g/mol. The Morgan fingerprint density at radius 2 is 1.74 bits per heavy atom. The molecule has 4 rings (SSSR count). The smallest absolute Gasteiger partial charge is 0.255 e. The summed E-state index contributed by atoms with van der Waals surface area (Å²) in [5, 5.41) is 5.59. The summed E-state index contributed by atoms with van der Waals surface area (Å²) in [7, 11) is 0. The molecule has 0 saturated heterocycles. The normalized spacial score (nSPS) is 12.4. The van der Waals surface area contributed by atoms with E-state index in [1.54, 1.807) is 17.8 Å². The molecule has 0 aliphatic carbocycles. The first-order valence-electron chi connectivity index (χ1n) is 8.36. The van der Waals surface area contributed by atoms with Gasteiger partial charge in [0.1, 0.15) is 5.82 Å². The monoisotopic (exact) mass is 378 g/mol. The number of hydrogen-bond acceptors (Lipinski definition) is 3. The highest BCUT2D eigenvalue weighted by Gasteiger charge is 2.26. The van der Waals surface area contributed by atoms with E-state index in [1.807, 2.05) is 36.4 Å². The van der Waals surface area contributed by atoms with Crippen molar-refractivity contribution in [2.45, 2.75) is 16.3 Å². The fourth-order valence-electron chi connectivity index (χ4n) is 2.93. The van der Waals surface area contributed by atoms with E-state index in [2.05, 4.69) is 10.6 Å². The molecule has 2 N–H and O–H groups in total. The number of rotatable bonds is 4. The van der Waals surface area contributed by atoms with Crippen molar-refractivity contribution in [2.24, 2.45) is 0 Å². The van der Waals surface area contributed by atoms with Crippen molar-refractivity contribution < 1.29 is 14.0 Å². The third-order valence-corrected chi connectivity index (χ3v) is 5.36. The Kier molecular flexibility index (Phi) is 4.64. The maximum atomic E-state index is 13.0. The van der Waals surface area contributed by atoms with Crippen LogP contribution in [0.1, 0.15) is 26.3 Å². The van der Waals surface area contributed by atoms with Crippen LogP contribution in [-0.4, -0.2) is 11.8 Å². The van der Waals surface area contributed by atoms with E-state index < -0.39 is 5.82 Å². The highest BCUT2D eigenvalue weighted by Crippen LogP contribution is 2.37. The average molecular weight is 378 g/mol. The zero-order valence-corrected chi connectivity index (χ0v) is 15.0. The molecule has 0 unspecified atom stereocenters. The summed E-state index contributed by atoms with van der Waals surface area (Å²) in [6.45, 7) is 0.420. The minimum atomic E-state index is -0.408. The minimum Gasteiger partial charge on any atom is -0.348 e. The second-order valence-corrected chi connectivity index (χ2v) is 7.14. The van der Waals surface area contributed by atoms with Crippen LogP contribution >= 0.6 is 11.8 Å². The lowest BCUT2D eigenvalue weighted by Crippen LogP contribution is -2.17. The lowest BCUT2D eigenvalue weighted by molar-refractivity contribution is 0.0966. The quantitative estimate of drug-likeness (QED) is 0.704. The molecule has 0 radical (unpaired) electrons. The third-order valence-electron chi connectivity index (χ3n) is 4.25. The standard InChI is InChI=1S/C21H15FN2O2S/c22-14-8-6-13(7-9-14)20(25)24-17-10-11-18(16-12-23-21(26)19(16)17)27-15-4-2-1-3-5-15/h1-11H,12H2,(H,23,26)(H,24,25). The van der Waals surface area contributed by atoms with Gasteiger partial charge in [-0.3, -0.25) is 9.59 Å². The van der Waals surface area contributed by atoms with Crippen molar-refractivity contribution >= 4 is 29.3 Å². The molecule has 3 aromatic rings. The summed E-state index contributed by atoms with van der Waals surface area (Å²) >= 11 is 1.57. The van der Waals surface area contributed by atoms with Crippen LogP contribution in [0.3, 0.4) is 0 Å². The molecule has 27 heavy (non-hydrogen) atoms. The van der Waals surface area contributed by atoms with Crippen molar-refractivity contribution in [3.63, 3.8) is 0 Å². The van der Waals surface area contributed by atoms with Crippen LogP contribution in [0, 0.1) is 5.82 Å². The summed E-state index contributed by atoms with van der Waals surface area (Å²) in [4.78, 5) is 26.8. The van der Waals surface area contributed by atoms with Gasteiger partial charge in [0.15, 0.2) is 0 Å². The van der Waals surface area contributed by atoms with E-state index in [4.69, 9.17) is 0 Å². The van der Waals surface area contributed by atoms with Crippen LogP contribution in [0.2, 0.25) is 0 Å². The minimum absolute atomic E-state index is 0.213. The molecule has 0 atom stereocenters. The number of fused-ring (bicyclic) bond motifs is 1. The van der Waals surface area contributed by atoms with E-state index in [-0.39, 0.29) is 11.8 Å². The Balaban J connectivity index is 1.64. The van der Waals surface area contributed by atoms with Gasteiger partial charge in [-0.05, 0) is 48.5 Å². The molecule has 0 spiro atoms. The predicted octanol–water partition coefficient (Wildman–Crippen LogP) is 4.47. The van der Waals surface area contributed by atoms with Gasteiger partial charge in [-0.1, -0.05) is 30.0 Å². The van der Waals surface area contributed by atoms with Crippen LogP contribution < -0.4 is 10.6 Å². The highest BCUT2D eigenvalue weighted by molar-refractivity contribution is 7.99. The van der Waals surface area contributed by atoms with Gasteiger partial charge in [0.05, 0.1) is 11.3 Å². The molecule has 3 aromatic carbocycles. The van der Waals surface area contributed by atoms with E-state index in [9.17, 15) is 14.0 Å². The molecule has 134 valence electrons. The summed E-state index contributed by atoms with van der Waals surface area (Å²) in [5.74, 6) is -1.01. The molecular formula is C21H15FN2O2S. The number of benzene rings is 3. The van der Waals surface area contributed by atoms with E-state index >= 15 is 0 Å². The average Bonchev–Trinajstić information content (AvgIpc) is 3.07. The Bertz CT molecular complexity index is 1020. The highest BCUT2D eigenvalue weighted by atomic mass is 32.2. The van der Waals surface area contributed by atoms with Crippen molar-refractivity contribution in [1.82, 2.24) is 5.32 Å². The Hall–Kier alpha value is -3.12. The van der Waals surface area contributed by atoms with Crippen LogP contribution in [-0.2, 0) is 6.54 Å². The van der Waals surface area contributed by atoms with Gasteiger partial charge in [0, 0.05) is 27.5 Å². The molecule has 2 amide bonds. The zero-order chi connectivity index (χ0) is 18.8. The Labute approximate surface area is 159 Å². The first kappa shape index (κ1) is 17.3. The van der Waals surface area contributed by atoms with Gasteiger partial charge >= 0.3 is 0 Å². The van der Waals surface area contributed by atoms with E-state index in [0.717, 1.165) is 15.4 Å². The largest absolute Gasteiger partial charge is 0.348 e. The second-order valence-electron chi connectivity index (χ2n) is 6.02. The maximum Gasteiger partial charge on any atom is 0.255 e. The molecule has 1 heterocycles. The molecule has 0 fully saturated rings. The number of hydrogen-bond donors (Lipinski definition) is 2. The summed E-state index contributed by atoms with van der Waals surface area (Å²) < 4.78 is 13.0. The number of amides is 2. The van der Waals surface area contributed by atoms with Gasteiger partial charge in [0.25, 0.3) is 11.8 Å². The molecule has 1 aliphatic rings. The fourth-order valence-corrected chi connectivity index (χ4v) is 3.91. The predicted molar refractivity (Wildman–Crippen MR) is 103 cm³/mol. The zero-order valence-electron chi connectivity index (χ0n) is 14.2. The van der Waals surface area contributed by atoms with Gasteiger partial charge in [-0.2, -0.15) is 0 Å². The van der Waals surface area contributed by atoms with Crippen LogP contribution in [0.5, 0.6) is 0 Å². The number of carbonyl (C=O) groups excluding carboxylic acids is 2. The lowest BCUT2D eigenvalue weighted by atomic mass is 10.1. The third kappa shape index (κ3) is 3.57. The number of nitrogens with one attached hydrogen (secondary N) is 2. The SMILES string of the molecule is O=C(Nc1ccc(Sc2ccccc2)c2c1C(=O)NC2)c1ccc(F)cc1. The van der Waals surface area contributed by atoms with Crippen molar-refractivity contribution in [3.05, 3.63) is 89.2 Å². The van der Waals surface area contributed by atoms with Crippen LogP contribution in [0.15, 0.2) is 76.5 Å². The van der Waals surface area contributed by atoms with Gasteiger partial charge in [-0.25, -0.2) is 4.39 Å². The van der Waals surface area contributed by atoms with Gasteiger partial charge in [0.2, 0.25) is 0 Å². The Morgan fingerprint density at radius 1 is 1.00 bits per heavy atom. The van der Waals surface area contributed by atoms with E-state index in [0.29, 0.717) is 23.4 Å². The summed E-state index contributed by atoms with van der Waals surface area (Å²) in [6, 6.07) is 18.8. The molecule has 4 nitrogen and oxygen atoms in total. The molecule has 6 heteroatoms. The lowest BCUT2D eigenvalue weighted by Gasteiger charge is -2.12. The maximum absolute atomic E-state index is 13.0. The van der Waals surface area contributed by atoms with Crippen molar-refractivity contribution in [3.8, 4) is 0 Å². The topological polar surface area (TPSA) is 58.2 Å². The summed E-state index contributed by atoms with van der Waals surface area (Å²) in [5.41, 5.74) is 2.12. The first-order valence-corrected chi connectivity index (χ1v) is 9.17. The van der Waals surface area contributed by atoms with Crippen molar-refractivity contribution in [2.75, 3.05) is 5.32 Å². The molecule has 0 aromatic heterocycles. The molecule has 1 aliphatic heterocycles. The van der Waals surface area contributed by atoms with Crippen molar-refractivity contribution in [1.29, 1.82) is 0 Å². The van der Waals surface area contributed by atoms with E-state index in [1.165, 1.54) is 24.3 Å². The van der Waals surface area contributed by atoms with Gasteiger partial charge < -0.3 is 10.6 Å². The summed E-state index contributed by atoms with van der Waals surface area (Å²) in [6.07, 6.45) is 0. The first-order chi connectivity index (χ1) is 13.1. The number of carbonyl (C=O) groups is 2. The van der Waals surface area contributed by atoms with Crippen LogP contribution in [0.25, 0.3) is 0 Å². The number of anilines is 1. The van der Waals surface area contributed by atoms with Crippen LogP contribution in [0.4, 0.5) is 10.1 Å². The Morgan fingerprint density at radius 3 is 2.48 bits per heavy atom. The molecule has 0 saturated carbocycles. The molecule has 0 bridgehead atoms. The number of halogens is 1. The fraction of sp³-hybridized carbons (Fsp3) is 0.0476. The second kappa shape index (κ2) is 7.25. The van der Waals surface area contributed by atoms with Gasteiger partial charge in [-0.15, -0.1) is 0 Å².